The second-order valence-corrected chi connectivity index (χ2v) is 5.25. The number of Topliss-reactive ketones (excluding diaryl/α,β-unsaturated/α-hetero) is 1. The van der Waals surface area contributed by atoms with Gasteiger partial charge in [-0.25, -0.2) is 0 Å². The van der Waals surface area contributed by atoms with Gasteiger partial charge in [0.2, 0.25) is 5.78 Å². The fourth-order valence-electron chi connectivity index (χ4n) is 2.73. The predicted molar refractivity (Wildman–Crippen MR) is 81.9 cm³/mol. The fraction of sp³-hybridized carbons (Fsp3) is 0.111. The van der Waals surface area contributed by atoms with Crippen LogP contribution in [0, 0.1) is 0 Å². The molecule has 5 nitrogen and oxygen atoms in total. The SMILES string of the molecule is O=CC(=O)[C@H](Cc1ccccc1)N1C(=O)c2ccccc2C1=O. The summed E-state index contributed by atoms with van der Waals surface area (Å²) in [4.78, 5) is 48.9. The minimum atomic E-state index is -1.12. The van der Waals surface area contributed by atoms with Gasteiger partial charge in [0.25, 0.3) is 11.8 Å². The van der Waals surface area contributed by atoms with Crippen molar-refractivity contribution in [3.8, 4) is 0 Å². The molecule has 2 amide bonds. The van der Waals surface area contributed by atoms with Crippen LogP contribution < -0.4 is 0 Å². The van der Waals surface area contributed by atoms with Gasteiger partial charge in [-0.05, 0) is 17.7 Å². The summed E-state index contributed by atoms with van der Waals surface area (Å²) in [6.07, 6.45) is 0.279. The molecule has 0 saturated heterocycles. The van der Waals surface area contributed by atoms with E-state index < -0.39 is 23.6 Å². The van der Waals surface area contributed by atoms with E-state index in [0.29, 0.717) is 0 Å². The average Bonchev–Trinajstić information content (AvgIpc) is 2.85. The van der Waals surface area contributed by atoms with E-state index in [1.165, 1.54) is 0 Å². The summed E-state index contributed by atoms with van der Waals surface area (Å²) >= 11 is 0. The molecule has 1 atom stereocenters. The number of hydrogen-bond donors (Lipinski definition) is 0. The van der Waals surface area contributed by atoms with Crippen molar-refractivity contribution in [2.24, 2.45) is 0 Å². The Kier molecular flexibility index (Phi) is 3.85. The molecule has 0 saturated carbocycles. The number of fused-ring (bicyclic) bond motifs is 1. The van der Waals surface area contributed by atoms with Gasteiger partial charge < -0.3 is 0 Å². The number of imide groups is 1. The number of carbonyl (C=O) groups excluding carboxylic acids is 4. The van der Waals surface area contributed by atoms with Gasteiger partial charge in [-0.2, -0.15) is 0 Å². The van der Waals surface area contributed by atoms with Crippen LogP contribution in [0.5, 0.6) is 0 Å². The zero-order chi connectivity index (χ0) is 16.4. The molecule has 0 fully saturated rings. The van der Waals surface area contributed by atoms with Crippen molar-refractivity contribution in [3.05, 3.63) is 71.3 Å². The van der Waals surface area contributed by atoms with Gasteiger partial charge in [0.1, 0.15) is 6.04 Å². The normalized spacial score (nSPS) is 14.5. The van der Waals surface area contributed by atoms with E-state index in [-0.39, 0.29) is 23.8 Å². The van der Waals surface area contributed by atoms with Crippen molar-refractivity contribution >= 4 is 23.9 Å². The lowest BCUT2D eigenvalue weighted by Gasteiger charge is -2.23. The number of benzene rings is 2. The largest absolute Gasteiger partial charge is 0.295 e. The number of nitrogens with zero attached hydrogens (tertiary/aromatic N) is 1. The zero-order valence-corrected chi connectivity index (χ0v) is 12.1. The first-order valence-electron chi connectivity index (χ1n) is 7.13. The summed E-state index contributed by atoms with van der Waals surface area (Å²) in [6, 6.07) is 14.2. The minimum absolute atomic E-state index is 0.115. The molecule has 0 radical (unpaired) electrons. The molecule has 5 heteroatoms. The van der Waals surface area contributed by atoms with E-state index in [9.17, 15) is 19.2 Å². The molecule has 0 N–H and O–H groups in total. The van der Waals surface area contributed by atoms with Crippen molar-refractivity contribution in [2.75, 3.05) is 0 Å². The van der Waals surface area contributed by atoms with Gasteiger partial charge >= 0.3 is 0 Å². The van der Waals surface area contributed by atoms with Crippen LogP contribution >= 0.6 is 0 Å². The van der Waals surface area contributed by atoms with Crippen molar-refractivity contribution in [1.82, 2.24) is 4.90 Å². The van der Waals surface area contributed by atoms with Gasteiger partial charge in [0, 0.05) is 6.42 Å². The van der Waals surface area contributed by atoms with E-state index in [4.69, 9.17) is 0 Å². The molecule has 1 aliphatic rings. The quantitative estimate of drug-likeness (QED) is 0.478. The lowest BCUT2D eigenvalue weighted by atomic mass is 10.0. The maximum atomic E-state index is 12.5. The van der Waals surface area contributed by atoms with Gasteiger partial charge in [0.15, 0.2) is 6.29 Å². The number of hydrogen-bond acceptors (Lipinski definition) is 4. The van der Waals surface area contributed by atoms with Crippen molar-refractivity contribution in [3.63, 3.8) is 0 Å². The Hall–Kier alpha value is -3.08. The van der Waals surface area contributed by atoms with Gasteiger partial charge in [-0.3, -0.25) is 24.1 Å². The minimum Gasteiger partial charge on any atom is -0.295 e. The van der Waals surface area contributed by atoms with Crippen molar-refractivity contribution in [2.45, 2.75) is 12.5 Å². The van der Waals surface area contributed by atoms with Gasteiger partial charge in [-0.15, -0.1) is 0 Å². The number of aldehydes is 1. The van der Waals surface area contributed by atoms with Crippen LogP contribution in [-0.4, -0.2) is 34.8 Å². The molecule has 2 aromatic rings. The van der Waals surface area contributed by atoms with E-state index >= 15 is 0 Å². The van der Waals surface area contributed by atoms with Crippen LogP contribution in [0.3, 0.4) is 0 Å². The summed E-state index contributed by atoms with van der Waals surface area (Å²) in [7, 11) is 0. The third-order valence-corrected chi connectivity index (χ3v) is 3.85. The highest BCUT2D eigenvalue weighted by atomic mass is 16.2. The summed E-state index contributed by atoms with van der Waals surface area (Å²) in [5, 5.41) is 0. The lowest BCUT2D eigenvalue weighted by Crippen LogP contribution is -2.46. The summed E-state index contributed by atoms with van der Waals surface area (Å²) < 4.78 is 0. The molecular formula is C18H13NO4. The van der Waals surface area contributed by atoms with E-state index in [1.54, 1.807) is 48.5 Å². The molecule has 1 aliphatic heterocycles. The van der Waals surface area contributed by atoms with Crippen LogP contribution in [0.25, 0.3) is 0 Å². The number of amides is 2. The highest BCUT2D eigenvalue weighted by Gasteiger charge is 2.42. The second kappa shape index (κ2) is 5.96. The van der Waals surface area contributed by atoms with Gasteiger partial charge in [0.05, 0.1) is 11.1 Å². The second-order valence-electron chi connectivity index (χ2n) is 5.25. The maximum Gasteiger partial charge on any atom is 0.262 e. The first-order chi connectivity index (χ1) is 11.1. The number of carbonyl (C=O) groups is 4. The third-order valence-electron chi connectivity index (χ3n) is 3.85. The highest BCUT2D eigenvalue weighted by molar-refractivity contribution is 6.31. The van der Waals surface area contributed by atoms with E-state index in [1.807, 2.05) is 6.07 Å². The Balaban J connectivity index is 1.98. The Morgan fingerprint density at radius 1 is 0.913 bits per heavy atom. The third kappa shape index (κ3) is 2.57. The first-order valence-corrected chi connectivity index (χ1v) is 7.13. The van der Waals surface area contributed by atoms with Crippen LogP contribution in [0.2, 0.25) is 0 Å². The average molecular weight is 307 g/mol. The Morgan fingerprint density at radius 3 is 1.96 bits per heavy atom. The van der Waals surface area contributed by atoms with Gasteiger partial charge in [-0.1, -0.05) is 42.5 Å². The fourth-order valence-corrected chi connectivity index (χ4v) is 2.73. The highest BCUT2D eigenvalue weighted by Crippen LogP contribution is 2.26. The number of rotatable bonds is 5. The van der Waals surface area contributed by atoms with Crippen LogP contribution in [0.1, 0.15) is 26.3 Å². The van der Waals surface area contributed by atoms with Crippen molar-refractivity contribution in [1.29, 1.82) is 0 Å². The summed E-state index contributed by atoms with van der Waals surface area (Å²) in [6.45, 7) is 0. The molecule has 23 heavy (non-hydrogen) atoms. The smallest absolute Gasteiger partial charge is 0.262 e. The first kappa shape index (κ1) is 14.8. The topological polar surface area (TPSA) is 71.5 Å². The molecular weight excluding hydrogens is 294 g/mol. The predicted octanol–water partition coefficient (Wildman–Crippen LogP) is 1.66. The Bertz CT molecular complexity index is 763. The summed E-state index contributed by atoms with van der Waals surface area (Å²) in [5.74, 6) is -1.87. The zero-order valence-electron chi connectivity index (χ0n) is 12.1. The molecule has 0 unspecified atom stereocenters. The molecule has 1 heterocycles. The molecule has 2 aromatic carbocycles. The van der Waals surface area contributed by atoms with E-state index in [2.05, 4.69) is 0 Å². The Labute approximate surface area is 132 Å². The standard InChI is InChI=1S/C18H13NO4/c20-11-16(21)15(10-12-6-2-1-3-7-12)19-17(22)13-8-4-5-9-14(13)18(19)23/h1-9,11,15H,10H2/t15-/m0/s1. The van der Waals surface area contributed by atoms with Crippen LogP contribution in [-0.2, 0) is 16.0 Å². The number of ketones is 1. The van der Waals surface area contributed by atoms with E-state index in [0.717, 1.165) is 10.5 Å². The molecule has 3 rings (SSSR count). The molecule has 0 aromatic heterocycles. The molecule has 0 spiro atoms. The summed E-state index contributed by atoms with van der Waals surface area (Å²) in [5.41, 5.74) is 1.28. The van der Waals surface area contributed by atoms with Crippen LogP contribution in [0.15, 0.2) is 54.6 Å². The molecule has 114 valence electrons. The molecule has 0 bridgehead atoms. The Morgan fingerprint density at radius 2 is 1.43 bits per heavy atom. The molecule has 0 aliphatic carbocycles. The van der Waals surface area contributed by atoms with Crippen LogP contribution in [0.4, 0.5) is 0 Å². The monoisotopic (exact) mass is 307 g/mol. The maximum absolute atomic E-state index is 12.5. The van der Waals surface area contributed by atoms with Crippen molar-refractivity contribution < 1.29 is 19.2 Å². The lowest BCUT2D eigenvalue weighted by molar-refractivity contribution is -0.132.